The van der Waals surface area contributed by atoms with Crippen LogP contribution in [0.2, 0.25) is 0 Å². The van der Waals surface area contributed by atoms with Crippen LogP contribution in [0.25, 0.3) is 0 Å². The van der Waals surface area contributed by atoms with Gasteiger partial charge >= 0.3 is 5.97 Å². The van der Waals surface area contributed by atoms with Crippen LogP contribution in [-0.2, 0) is 16.1 Å². The van der Waals surface area contributed by atoms with Gasteiger partial charge in [0.1, 0.15) is 13.2 Å². The first-order valence-corrected chi connectivity index (χ1v) is 11.4. The van der Waals surface area contributed by atoms with E-state index in [0.717, 1.165) is 22.7 Å². The molecule has 8 heteroatoms. The maximum Gasteiger partial charge on any atom is 0.325 e. The lowest BCUT2D eigenvalue weighted by Gasteiger charge is -2.27. The van der Waals surface area contributed by atoms with Gasteiger partial charge in [0, 0.05) is 22.5 Å². The Morgan fingerprint density at radius 1 is 1.03 bits per heavy atom. The summed E-state index contributed by atoms with van der Waals surface area (Å²) < 4.78 is 18.9. The second kappa shape index (κ2) is 10.5. The fourth-order valence-electron chi connectivity index (χ4n) is 4.04. The Morgan fingerprint density at radius 2 is 1.80 bits per heavy atom. The van der Waals surface area contributed by atoms with Gasteiger partial charge in [-0.1, -0.05) is 29.8 Å². The molecule has 0 unspecified atom stereocenters. The fraction of sp³-hybridized carbons (Fsp3) is 0.296. The monoisotopic (exact) mass is 476 g/mol. The second-order valence-electron chi connectivity index (χ2n) is 8.53. The Morgan fingerprint density at radius 3 is 2.57 bits per heavy atom. The number of nitrogens with one attached hydrogen (secondary N) is 1. The van der Waals surface area contributed by atoms with Gasteiger partial charge in [0.25, 0.3) is 5.91 Å². The normalized spacial score (nSPS) is 14.3. The molecule has 0 aliphatic carbocycles. The van der Waals surface area contributed by atoms with Crippen molar-refractivity contribution in [3.63, 3.8) is 0 Å². The summed E-state index contributed by atoms with van der Waals surface area (Å²) in [4.78, 5) is 37.0. The molecule has 8 nitrogen and oxygen atoms in total. The first-order valence-electron chi connectivity index (χ1n) is 11.4. The summed E-state index contributed by atoms with van der Waals surface area (Å²) in [6, 6.07) is 16.3. The number of nitrogens with zero attached hydrogens (tertiary/aromatic N) is 1. The first kappa shape index (κ1) is 24.1. The highest BCUT2D eigenvalue weighted by Crippen LogP contribution is 2.31. The van der Waals surface area contributed by atoms with Gasteiger partial charge in [0.2, 0.25) is 5.78 Å². The van der Waals surface area contributed by atoms with E-state index in [-0.39, 0.29) is 24.3 Å². The van der Waals surface area contributed by atoms with Gasteiger partial charge in [-0.2, -0.15) is 0 Å². The van der Waals surface area contributed by atoms with Crippen LogP contribution in [0.4, 0.5) is 0 Å². The Bertz CT molecular complexity index is 1260. The van der Waals surface area contributed by atoms with Crippen LogP contribution in [-0.4, -0.2) is 48.1 Å². The summed E-state index contributed by atoms with van der Waals surface area (Å²) in [5.41, 5.74) is 3.54. The lowest BCUT2D eigenvalue weighted by molar-refractivity contribution is -0.141. The Kier molecular flexibility index (Phi) is 7.19. The topological polar surface area (TPSA) is 95.9 Å². The van der Waals surface area contributed by atoms with Crippen molar-refractivity contribution in [1.82, 2.24) is 9.88 Å². The van der Waals surface area contributed by atoms with Crippen LogP contribution in [0.5, 0.6) is 11.5 Å². The molecule has 1 aliphatic heterocycles. The van der Waals surface area contributed by atoms with Gasteiger partial charge in [-0.3, -0.25) is 14.4 Å². The minimum absolute atomic E-state index is 0.201. The van der Waals surface area contributed by atoms with E-state index in [1.807, 2.05) is 55.7 Å². The quantitative estimate of drug-likeness (QED) is 0.395. The van der Waals surface area contributed by atoms with Crippen molar-refractivity contribution in [3.05, 3.63) is 82.7 Å². The number of benzene rings is 2. The van der Waals surface area contributed by atoms with Crippen molar-refractivity contribution in [2.45, 2.75) is 33.4 Å². The molecule has 1 N–H and O–H groups in total. The van der Waals surface area contributed by atoms with Crippen LogP contribution in [0.3, 0.4) is 0 Å². The Balaban J connectivity index is 1.30. The lowest BCUT2D eigenvalue weighted by Crippen LogP contribution is -2.33. The molecule has 35 heavy (non-hydrogen) atoms. The van der Waals surface area contributed by atoms with Crippen molar-refractivity contribution in [2.24, 2.45) is 0 Å². The van der Waals surface area contributed by atoms with Crippen molar-refractivity contribution in [2.75, 3.05) is 19.8 Å². The molecule has 0 saturated carbocycles. The van der Waals surface area contributed by atoms with Gasteiger partial charge in [-0.15, -0.1) is 0 Å². The average Bonchev–Trinajstić information content (AvgIpc) is 3.14. The summed E-state index contributed by atoms with van der Waals surface area (Å²) in [5.74, 6) is 0.0480. The molecule has 0 fully saturated rings. The number of para-hydroxylation sites is 2. The number of ketones is 1. The first-order chi connectivity index (χ1) is 16.8. The molecule has 4 rings (SSSR count). The van der Waals surface area contributed by atoms with Gasteiger partial charge in [-0.25, -0.2) is 0 Å². The zero-order chi connectivity index (χ0) is 24.9. The third-order valence-corrected chi connectivity index (χ3v) is 5.87. The van der Waals surface area contributed by atoms with E-state index in [2.05, 4.69) is 5.32 Å². The molecule has 2 aromatic carbocycles. The van der Waals surface area contributed by atoms with E-state index < -0.39 is 12.6 Å². The zero-order valence-corrected chi connectivity index (χ0v) is 20.0. The molecule has 1 aromatic heterocycles. The summed E-state index contributed by atoms with van der Waals surface area (Å²) >= 11 is 0. The average molecular weight is 477 g/mol. The number of aromatic nitrogens is 1. The van der Waals surface area contributed by atoms with Crippen LogP contribution in [0, 0.1) is 20.8 Å². The predicted octanol–water partition coefficient (Wildman–Crippen LogP) is 3.41. The van der Waals surface area contributed by atoms with Gasteiger partial charge in [0.15, 0.2) is 24.2 Å². The molecule has 3 aromatic rings. The van der Waals surface area contributed by atoms with Crippen LogP contribution < -0.4 is 14.8 Å². The number of carbonyl (C=O) groups excluding carboxylic acids is 3. The molecule has 1 aliphatic rings. The van der Waals surface area contributed by atoms with E-state index in [1.165, 1.54) is 0 Å². The standard InChI is InChI=1S/C27H28N2O6/c1-17-7-6-8-20(11-17)27(32)28-13-26(31)34-16-23(30)22-12-18(2)29(19(22)3)14-21-15-33-24-9-4-5-10-25(24)35-21/h4-12,21H,13-16H2,1-3H3,(H,28,32)/t21-/m0/s1. The highest BCUT2D eigenvalue weighted by Gasteiger charge is 2.24. The lowest BCUT2D eigenvalue weighted by atomic mass is 10.1. The number of fused-ring (bicyclic) bond motifs is 1. The third kappa shape index (κ3) is 5.71. The molecular formula is C27H28N2O6. The molecule has 0 saturated heterocycles. The highest BCUT2D eigenvalue weighted by atomic mass is 16.6. The van der Waals surface area contributed by atoms with Gasteiger partial charge < -0.3 is 24.1 Å². The molecule has 0 bridgehead atoms. The van der Waals surface area contributed by atoms with Crippen molar-refractivity contribution in [3.8, 4) is 11.5 Å². The van der Waals surface area contributed by atoms with Gasteiger partial charge in [0.05, 0.1) is 6.54 Å². The Hall–Kier alpha value is -4.07. The van der Waals surface area contributed by atoms with Crippen molar-refractivity contribution in [1.29, 1.82) is 0 Å². The van der Waals surface area contributed by atoms with Gasteiger partial charge in [-0.05, 0) is 51.1 Å². The van der Waals surface area contributed by atoms with E-state index >= 15 is 0 Å². The molecule has 182 valence electrons. The number of carbonyl (C=O) groups is 3. The summed E-state index contributed by atoms with van der Waals surface area (Å²) in [7, 11) is 0. The zero-order valence-electron chi connectivity index (χ0n) is 20.0. The molecule has 0 radical (unpaired) electrons. The molecule has 1 amide bonds. The van der Waals surface area contributed by atoms with E-state index in [1.54, 1.807) is 24.3 Å². The minimum atomic E-state index is -0.681. The number of aryl methyl sites for hydroxylation is 2. The minimum Gasteiger partial charge on any atom is -0.486 e. The highest BCUT2D eigenvalue weighted by molar-refractivity contribution is 6.00. The smallest absolute Gasteiger partial charge is 0.325 e. The molecule has 0 spiro atoms. The molecular weight excluding hydrogens is 448 g/mol. The fourth-order valence-corrected chi connectivity index (χ4v) is 4.04. The number of ether oxygens (including phenoxy) is 3. The summed E-state index contributed by atoms with van der Waals surface area (Å²) in [5, 5.41) is 2.51. The number of hydrogen-bond acceptors (Lipinski definition) is 6. The van der Waals surface area contributed by atoms with E-state index in [4.69, 9.17) is 14.2 Å². The van der Waals surface area contributed by atoms with Crippen LogP contribution in [0.15, 0.2) is 54.6 Å². The second-order valence-corrected chi connectivity index (χ2v) is 8.53. The number of rotatable bonds is 8. The number of amides is 1. The summed E-state index contributed by atoms with van der Waals surface area (Å²) in [6.07, 6.45) is -0.201. The van der Waals surface area contributed by atoms with Crippen molar-refractivity contribution >= 4 is 17.7 Å². The maximum atomic E-state index is 12.8. The number of esters is 1. The largest absolute Gasteiger partial charge is 0.486 e. The summed E-state index contributed by atoms with van der Waals surface area (Å²) in [6.45, 7) is 5.84. The third-order valence-electron chi connectivity index (χ3n) is 5.87. The van der Waals surface area contributed by atoms with E-state index in [9.17, 15) is 14.4 Å². The SMILES string of the molecule is Cc1cccc(C(=O)NCC(=O)OCC(=O)c2cc(C)n(C[C@H]3COc4ccccc4O3)c2C)c1. The molecule has 1 atom stereocenters. The maximum absolute atomic E-state index is 12.8. The number of Topliss-reactive ketones (excluding diaryl/α,β-unsaturated/α-hetero) is 1. The Labute approximate surface area is 203 Å². The van der Waals surface area contributed by atoms with Crippen LogP contribution >= 0.6 is 0 Å². The van der Waals surface area contributed by atoms with E-state index in [0.29, 0.717) is 30.0 Å². The predicted molar refractivity (Wildman–Crippen MR) is 129 cm³/mol. The van der Waals surface area contributed by atoms with Crippen LogP contribution in [0.1, 0.15) is 37.7 Å². The number of hydrogen-bond donors (Lipinski definition) is 1. The van der Waals surface area contributed by atoms with Crippen molar-refractivity contribution < 1.29 is 28.6 Å². The molecule has 2 heterocycles.